The quantitative estimate of drug-likeness (QED) is 0.125. The van der Waals surface area contributed by atoms with E-state index < -0.39 is 35.8 Å². The summed E-state index contributed by atoms with van der Waals surface area (Å²) in [6.07, 6.45) is -1.97. The fourth-order valence-corrected chi connectivity index (χ4v) is 5.29. The number of thioether (sulfide) groups is 1. The van der Waals surface area contributed by atoms with Crippen molar-refractivity contribution >= 4 is 17.7 Å². The number of rotatable bonds is 11. The third-order valence-electron chi connectivity index (χ3n) is 6.09. The van der Waals surface area contributed by atoms with E-state index in [1.807, 2.05) is 91.9 Å². The molecule has 1 saturated heterocycles. The van der Waals surface area contributed by atoms with Gasteiger partial charge in [0.1, 0.15) is 30.3 Å². The summed E-state index contributed by atoms with van der Waals surface area (Å²) in [6, 6.07) is 26.8. The second kappa shape index (κ2) is 14.0. The van der Waals surface area contributed by atoms with Gasteiger partial charge in [0.2, 0.25) is 0 Å². The lowest BCUT2D eigenvalue weighted by atomic mass is 9.97. The van der Waals surface area contributed by atoms with Crippen molar-refractivity contribution in [2.24, 2.45) is 5.11 Å². The molecule has 8 nitrogen and oxygen atoms in total. The molecule has 0 N–H and O–H groups in total. The van der Waals surface area contributed by atoms with E-state index in [9.17, 15) is 10.3 Å². The molecule has 0 saturated carbocycles. The zero-order valence-electron chi connectivity index (χ0n) is 21.4. The van der Waals surface area contributed by atoms with Crippen LogP contribution in [0.25, 0.3) is 10.4 Å². The number of benzene rings is 3. The summed E-state index contributed by atoms with van der Waals surface area (Å²) in [5.41, 5.74) is 12.0. The maximum Gasteiger partial charge on any atom is 0.302 e. The molecule has 1 aliphatic rings. The van der Waals surface area contributed by atoms with Crippen molar-refractivity contribution in [2.45, 2.75) is 61.7 Å². The third kappa shape index (κ3) is 7.84. The van der Waals surface area contributed by atoms with Crippen molar-refractivity contribution in [3.8, 4) is 0 Å². The van der Waals surface area contributed by atoms with Crippen molar-refractivity contribution in [1.82, 2.24) is 0 Å². The minimum atomic E-state index is -0.704. The van der Waals surface area contributed by atoms with Crippen LogP contribution in [0.3, 0.4) is 0 Å². The number of carbonyl (C=O) groups excluding carboxylic acids is 1. The maximum atomic E-state index is 11.7. The predicted molar refractivity (Wildman–Crippen MR) is 145 cm³/mol. The van der Waals surface area contributed by atoms with Gasteiger partial charge in [-0.15, -0.1) is 0 Å². The van der Waals surface area contributed by atoms with E-state index in [1.54, 1.807) is 0 Å². The maximum absolute atomic E-state index is 11.7. The first kappa shape index (κ1) is 27.7. The molecule has 4 rings (SSSR count). The van der Waals surface area contributed by atoms with Crippen molar-refractivity contribution in [2.75, 3.05) is 6.61 Å². The number of carbonyl (C=O) groups is 1. The Hall–Kier alpha value is -3.33. The SMILES string of the molecule is CC(=O)OC[C@H]1O[C@@H](Sc2ccc(C)cc2)[C@H](N=[N+]=[N-])[C@@H](OCc2ccccc2)[C@@H]1OCc1ccccc1. The smallest absolute Gasteiger partial charge is 0.302 e. The lowest BCUT2D eigenvalue weighted by Crippen LogP contribution is -2.59. The molecular formula is C29H31N3O5S. The van der Waals surface area contributed by atoms with Crippen LogP contribution >= 0.6 is 11.8 Å². The molecule has 198 valence electrons. The van der Waals surface area contributed by atoms with Crippen LogP contribution in [0.1, 0.15) is 23.6 Å². The van der Waals surface area contributed by atoms with Crippen LogP contribution in [0.5, 0.6) is 0 Å². The molecule has 0 bridgehead atoms. The largest absolute Gasteiger partial charge is 0.463 e. The minimum Gasteiger partial charge on any atom is -0.463 e. The molecule has 1 aliphatic heterocycles. The van der Waals surface area contributed by atoms with Gasteiger partial charge in [-0.1, -0.05) is 95.2 Å². The number of hydrogen-bond acceptors (Lipinski definition) is 7. The number of aryl methyl sites for hydroxylation is 1. The molecule has 3 aromatic carbocycles. The number of azide groups is 1. The van der Waals surface area contributed by atoms with Gasteiger partial charge < -0.3 is 18.9 Å². The second-order valence-electron chi connectivity index (χ2n) is 8.99. The summed E-state index contributed by atoms with van der Waals surface area (Å²) in [5.74, 6) is -0.419. The summed E-state index contributed by atoms with van der Waals surface area (Å²) in [6.45, 7) is 3.93. The molecule has 9 heteroatoms. The Morgan fingerprint density at radius 1 is 0.921 bits per heavy atom. The minimum absolute atomic E-state index is 0.0199. The first-order chi connectivity index (χ1) is 18.5. The van der Waals surface area contributed by atoms with E-state index in [1.165, 1.54) is 18.7 Å². The highest BCUT2D eigenvalue weighted by molar-refractivity contribution is 7.99. The van der Waals surface area contributed by atoms with E-state index in [-0.39, 0.29) is 19.8 Å². The molecule has 0 aromatic heterocycles. The fraction of sp³-hybridized carbons (Fsp3) is 0.345. The average molecular weight is 534 g/mol. The Morgan fingerprint density at radius 2 is 1.50 bits per heavy atom. The topological polar surface area (TPSA) is 103 Å². The Labute approximate surface area is 226 Å². The van der Waals surface area contributed by atoms with Gasteiger partial charge in [0.15, 0.2) is 0 Å². The van der Waals surface area contributed by atoms with E-state index in [2.05, 4.69) is 10.0 Å². The van der Waals surface area contributed by atoms with Crippen molar-refractivity contribution in [1.29, 1.82) is 0 Å². The Bertz CT molecular complexity index is 1210. The Kier molecular flexibility index (Phi) is 10.2. The molecule has 0 aliphatic carbocycles. The summed E-state index contributed by atoms with van der Waals surface area (Å²) >= 11 is 1.44. The highest BCUT2D eigenvalue weighted by Crippen LogP contribution is 2.38. The molecular weight excluding hydrogens is 502 g/mol. The molecule has 5 atom stereocenters. The van der Waals surface area contributed by atoms with Gasteiger partial charge in [-0.25, -0.2) is 0 Å². The zero-order valence-corrected chi connectivity index (χ0v) is 22.2. The predicted octanol–water partition coefficient (Wildman–Crippen LogP) is 6.22. The molecule has 1 heterocycles. The Balaban J connectivity index is 1.65. The van der Waals surface area contributed by atoms with Gasteiger partial charge in [-0.2, -0.15) is 0 Å². The van der Waals surface area contributed by atoms with Crippen LogP contribution in [0.2, 0.25) is 0 Å². The van der Waals surface area contributed by atoms with E-state index in [0.29, 0.717) is 0 Å². The van der Waals surface area contributed by atoms with Gasteiger partial charge in [0.25, 0.3) is 0 Å². The molecule has 1 fully saturated rings. The monoisotopic (exact) mass is 533 g/mol. The molecule has 0 unspecified atom stereocenters. The number of hydrogen-bond donors (Lipinski definition) is 0. The lowest BCUT2D eigenvalue weighted by molar-refractivity contribution is -0.210. The molecule has 0 spiro atoms. The van der Waals surface area contributed by atoms with Gasteiger partial charge in [0.05, 0.1) is 19.3 Å². The van der Waals surface area contributed by atoms with Crippen LogP contribution in [0.15, 0.2) is 94.9 Å². The highest BCUT2D eigenvalue weighted by Gasteiger charge is 2.48. The molecule has 3 aromatic rings. The highest BCUT2D eigenvalue weighted by atomic mass is 32.2. The fourth-order valence-electron chi connectivity index (χ4n) is 4.18. The van der Waals surface area contributed by atoms with Crippen LogP contribution in [-0.2, 0) is 37.0 Å². The number of esters is 1. The Morgan fingerprint density at radius 3 is 2.05 bits per heavy atom. The molecule has 38 heavy (non-hydrogen) atoms. The van der Waals surface area contributed by atoms with Crippen molar-refractivity contribution < 1.29 is 23.7 Å². The normalized spacial score (nSPS) is 22.8. The average Bonchev–Trinajstić information content (AvgIpc) is 2.93. The summed E-state index contributed by atoms with van der Waals surface area (Å²) in [4.78, 5) is 15.8. The van der Waals surface area contributed by atoms with Crippen LogP contribution in [0, 0.1) is 6.92 Å². The van der Waals surface area contributed by atoms with E-state index >= 15 is 0 Å². The van der Waals surface area contributed by atoms with E-state index in [0.717, 1.165) is 21.6 Å². The van der Waals surface area contributed by atoms with Gasteiger partial charge in [0, 0.05) is 16.7 Å². The van der Waals surface area contributed by atoms with Crippen molar-refractivity contribution in [3.05, 3.63) is 112 Å². The first-order valence-electron chi connectivity index (χ1n) is 12.4. The summed E-state index contributed by atoms with van der Waals surface area (Å²) in [5, 5.41) is 4.13. The third-order valence-corrected chi connectivity index (χ3v) is 7.26. The van der Waals surface area contributed by atoms with Gasteiger partial charge in [-0.05, 0) is 35.7 Å². The standard InChI is InChI=1S/C29H31N3O5S/c1-20-13-15-24(16-14-20)38-29-26(31-32-30)28(36-18-23-11-7-4-8-12-23)27(25(37-29)19-34-21(2)33)35-17-22-9-5-3-6-10-22/h3-16,25-29H,17-19H2,1-2H3/t25-,26-,27-,28-,29+/m1/s1. The summed E-state index contributed by atoms with van der Waals surface area (Å²) in [7, 11) is 0. The van der Waals surface area contributed by atoms with Crippen LogP contribution < -0.4 is 0 Å². The number of nitrogens with zero attached hydrogens (tertiary/aromatic N) is 3. The molecule has 0 amide bonds. The lowest BCUT2D eigenvalue weighted by Gasteiger charge is -2.44. The second-order valence-corrected chi connectivity index (χ2v) is 10.2. The van der Waals surface area contributed by atoms with Crippen LogP contribution in [-0.4, -0.2) is 42.4 Å². The number of ether oxygens (including phenoxy) is 4. The molecule has 0 radical (unpaired) electrons. The first-order valence-corrected chi connectivity index (χ1v) is 13.3. The van der Waals surface area contributed by atoms with Crippen LogP contribution in [0.4, 0.5) is 0 Å². The summed E-state index contributed by atoms with van der Waals surface area (Å²) < 4.78 is 24.6. The zero-order chi connectivity index (χ0) is 26.7. The van der Waals surface area contributed by atoms with Crippen molar-refractivity contribution in [3.63, 3.8) is 0 Å². The van der Waals surface area contributed by atoms with Gasteiger partial charge >= 0.3 is 5.97 Å². The van der Waals surface area contributed by atoms with E-state index in [4.69, 9.17) is 18.9 Å². The van der Waals surface area contributed by atoms with Gasteiger partial charge in [-0.3, -0.25) is 4.79 Å².